The average Bonchev–Trinajstić information content (AvgIpc) is 3.65. The highest BCUT2D eigenvalue weighted by molar-refractivity contribution is 6.13. The van der Waals surface area contributed by atoms with Crippen molar-refractivity contribution in [1.82, 2.24) is 0 Å². The number of hydrogen-bond acceptors (Lipinski definition) is 1. The van der Waals surface area contributed by atoms with Gasteiger partial charge < -0.3 is 0 Å². The van der Waals surface area contributed by atoms with Gasteiger partial charge in [0.05, 0.1) is 6.54 Å². The van der Waals surface area contributed by atoms with Crippen LogP contribution in [0.3, 0.4) is 0 Å². The Morgan fingerprint density at radius 2 is 0.857 bits per heavy atom. The van der Waals surface area contributed by atoms with Gasteiger partial charge in [0, 0.05) is 11.1 Å². The van der Waals surface area contributed by atoms with Gasteiger partial charge >= 0.3 is 0 Å². The fraction of sp³-hybridized carbons (Fsp3) is 0.0377. The van der Waals surface area contributed by atoms with Crippen molar-refractivity contribution >= 4 is 18.4 Å². The molecule has 0 N–H and O–H groups in total. The predicted octanol–water partition coefficient (Wildman–Crippen LogP) is 13.0. The third-order valence-corrected chi connectivity index (χ3v) is 10.5. The first-order valence-electron chi connectivity index (χ1n) is 19.0. The highest BCUT2D eigenvalue weighted by Gasteiger charge is 2.21. The minimum Gasteiger partial charge on any atom is -0.261 e. The van der Waals surface area contributed by atoms with E-state index in [1.54, 1.807) is 0 Å². The minimum atomic E-state index is 0.470. The first kappa shape index (κ1) is 34.5. The number of hydrogen-bond donors (Lipinski definition) is 0. The van der Waals surface area contributed by atoms with Crippen LogP contribution in [0.4, 0.5) is 0 Å². The number of fused-ring (bicyclic) bond motifs is 3. The van der Waals surface area contributed by atoms with Crippen molar-refractivity contribution < 1.29 is 0 Å². The van der Waals surface area contributed by atoms with E-state index in [0.717, 1.165) is 39.8 Å². The van der Waals surface area contributed by atoms with Crippen LogP contribution >= 0.6 is 0 Å². The van der Waals surface area contributed by atoms with E-state index in [-0.39, 0.29) is 0 Å². The van der Waals surface area contributed by atoms with Gasteiger partial charge in [-0.3, -0.25) is 4.99 Å². The van der Waals surface area contributed by atoms with E-state index in [9.17, 15) is 0 Å². The molecule has 0 unspecified atom stereocenters. The molecule has 1 aliphatic rings. The van der Waals surface area contributed by atoms with Gasteiger partial charge in [-0.1, -0.05) is 182 Å². The van der Waals surface area contributed by atoms with Gasteiger partial charge in [-0.15, -0.1) is 0 Å². The normalized spacial score (nSPS) is 12.2. The Morgan fingerprint density at radius 1 is 0.393 bits per heavy atom. The smallest absolute Gasteiger partial charge is 0.161 e. The molecule has 0 spiro atoms. The zero-order chi connectivity index (χ0) is 37.7. The largest absolute Gasteiger partial charge is 0.261 e. The molecule has 0 radical (unpaired) electrons. The Morgan fingerprint density at radius 3 is 1.50 bits per heavy atom. The molecule has 0 fully saturated rings. The number of rotatable bonds is 8. The van der Waals surface area contributed by atoms with Crippen LogP contribution in [-0.2, 0) is 13.0 Å². The summed E-state index contributed by atoms with van der Waals surface area (Å²) in [7, 11) is 0. The molecule has 8 aromatic rings. The van der Waals surface area contributed by atoms with Gasteiger partial charge in [0.25, 0.3) is 0 Å². The van der Waals surface area contributed by atoms with Crippen molar-refractivity contribution in [3.05, 3.63) is 228 Å². The first-order chi connectivity index (χ1) is 27.7. The zero-order valence-electron chi connectivity index (χ0n) is 31.0. The van der Waals surface area contributed by atoms with E-state index in [1.165, 1.54) is 50.1 Å². The molecular weight excluding hydrogens is 679 g/mol. The zero-order valence-corrected chi connectivity index (χ0v) is 31.0. The van der Waals surface area contributed by atoms with Gasteiger partial charge in [-0.25, -0.2) is 9.98 Å². The molecule has 0 atom stereocenters. The maximum atomic E-state index is 5.19. The van der Waals surface area contributed by atoms with Crippen molar-refractivity contribution in [1.29, 1.82) is 0 Å². The summed E-state index contributed by atoms with van der Waals surface area (Å²) < 4.78 is 0. The Labute approximate surface area is 328 Å². The third kappa shape index (κ3) is 7.31. The van der Waals surface area contributed by atoms with Crippen LogP contribution in [-0.4, -0.2) is 18.4 Å². The summed E-state index contributed by atoms with van der Waals surface area (Å²) in [6.07, 6.45) is 0.843. The molecule has 0 heterocycles. The molecule has 1 aliphatic carbocycles. The number of benzene rings is 8. The van der Waals surface area contributed by atoms with Crippen molar-refractivity contribution in [2.45, 2.75) is 13.0 Å². The van der Waals surface area contributed by atoms with E-state index >= 15 is 0 Å². The molecular formula is C53H39N3. The second-order valence-electron chi connectivity index (χ2n) is 14.1. The van der Waals surface area contributed by atoms with Gasteiger partial charge in [0.1, 0.15) is 0 Å². The number of aliphatic imine (C=N–C) groups is 3. The Hall–Kier alpha value is -7.23. The summed E-state index contributed by atoms with van der Waals surface area (Å²) in [4.78, 5) is 14.8. The summed E-state index contributed by atoms with van der Waals surface area (Å²) in [5.41, 5.74) is 17.5. The van der Waals surface area contributed by atoms with E-state index in [2.05, 4.69) is 188 Å². The Bertz CT molecular complexity index is 2730. The van der Waals surface area contributed by atoms with Crippen LogP contribution in [0, 0.1) is 0 Å². The second kappa shape index (κ2) is 15.6. The van der Waals surface area contributed by atoms with Crippen molar-refractivity contribution in [2.75, 3.05) is 0 Å². The topological polar surface area (TPSA) is 37.1 Å². The molecule has 0 aromatic heterocycles. The van der Waals surface area contributed by atoms with Crippen molar-refractivity contribution in [2.24, 2.45) is 15.0 Å². The van der Waals surface area contributed by atoms with E-state index < -0.39 is 0 Å². The van der Waals surface area contributed by atoms with Gasteiger partial charge in [-0.05, 0) is 104 Å². The summed E-state index contributed by atoms with van der Waals surface area (Å²) in [5.74, 6) is 1.16. The minimum absolute atomic E-state index is 0.470. The van der Waals surface area contributed by atoms with Crippen LogP contribution < -0.4 is 0 Å². The Balaban J connectivity index is 1.05. The molecule has 8 aromatic carbocycles. The standard InChI is InChI=1S/C53H39N3/c1-54-52(46-22-12-21-44(32-46)40-18-9-4-10-19-40)56-53(55-36-37-13-11-20-43(31-37)39-16-7-3-8-17-39)47-28-30-51-49(34-47)35-48-33-45(27-29-50(48)51)42-25-23-41(24-26-42)38-14-5-2-6-15-38/h2-34H,1,35-36H2/b55-53-,56-52-. The summed E-state index contributed by atoms with van der Waals surface area (Å²) in [6.45, 7) is 4.42. The lowest BCUT2D eigenvalue weighted by molar-refractivity contribution is 1.06. The quantitative estimate of drug-likeness (QED) is 0.111. The van der Waals surface area contributed by atoms with Gasteiger partial charge in [0.15, 0.2) is 11.7 Å². The van der Waals surface area contributed by atoms with Crippen molar-refractivity contribution in [3.8, 4) is 55.6 Å². The number of amidine groups is 2. The SMILES string of the molecule is C=N/C(=N\C(=N/Cc1cccc(-c2ccccc2)c1)c1ccc2c(c1)Cc1cc(-c3ccc(-c4ccccc4)cc3)ccc1-2)c1cccc(-c2ccccc2)c1. The molecule has 0 aliphatic heterocycles. The molecule has 0 saturated heterocycles. The lowest BCUT2D eigenvalue weighted by Gasteiger charge is -2.10. The van der Waals surface area contributed by atoms with Gasteiger partial charge in [0.2, 0.25) is 0 Å². The summed E-state index contributed by atoms with van der Waals surface area (Å²) in [5, 5.41) is 0. The van der Waals surface area contributed by atoms with Crippen LogP contribution in [0.25, 0.3) is 55.6 Å². The first-order valence-corrected chi connectivity index (χ1v) is 19.0. The molecule has 3 nitrogen and oxygen atoms in total. The molecule has 9 rings (SSSR count). The Kier molecular flexibility index (Phi) is 9.64. The van der Waals surface area contributed by atoms with E-state index in [4.69, 9.17) is 9.98 Å². The fourth-order valence-corrected chi connectivity index (χ4v) is 7.61. The molecule has 3 heteroatoms. The van der Waals surface area contributed by atoms with Crippen molar-refractivity contribution in [3.63, 3.8) is 0 Å². The van der Waals surface area contributed by atoms with Crippen LogP contribution in [0.2, 0.25) is 0 Å². The number of nitrogens with zero attached hydrogens (tertiary/aromatic N) is 3. The predicted molar refractivity (Wildman–Crippen MR) is 236 cm³/mol. The molecule has 266 valence electrons. The summed E-state index contributed by atoms with van der Waals surface area (Å²) >= 11 is 0. The second-order valence-corrected chi connectivity index (χ2v) is 14.1. The molecule has 0 saturated carbocycles. The highest BCUT2D eigenvalue weighted by atomic mass is 15.0. The van der Waals surface area contributed by atoms with E-state index in [1.807, 2.05) is 24.3 Å². The van der Waals surface area contributed by atoms with Gasteiger partial charge in [-0.2, -0.15) is 0 Å². The summed E-state index contributed by atoms with van der Waals surface area (Å²) in [6, 6.07) is 70.6. The maximum Gasteiger partial charge on any atom is 0.161 e. The third-order valence-electron chi connectivity index (χ3n) is 10.5. The van der Waals surface area contributed by atoms with Crippen LogP contribution in [0.15, 0.2) is 215 Å². The molecule has 0 amide bonds. The highest BCUT2D eigenvalue weighted by Crippen LogP contribution is 2.39. The lowest BCUT2D eigenvalue weighted by Crippen LogP contribution is -2.06. The van der Waals surface area contributed by atoms with Crippen LogP contribution in [0.1, 0.15) is 27.8 Å². The maximum absolute atomic E-state index is 5.19. The average molecular weight is 718 g/mol. The molecule has 56 heavy (non-hydrogen) atoms. The molecule has 0 bridgehead atoms. The van der Waals surface area contributed by atoms with E-state index in [0.29, 0.717) is 18.2 Å². The monoisotopic (exact) mass is 717 g/mol. The van der Waals surface area contributed by atoms with Crippen LogP contribution in [0.5, 0.6) is 0 Å². The lowest BCUT2D eigenvalue weighted by atomic mass is 9.97. The fourth-order valence-electron chi connectivity index (χ4n) is 7.61.